The number of hydrogen-bond donors (Lipinski definition) is 2. The Bertz CT molecular complexity index is 2430. The van der Waals surface area contributed by atoms with Crippen molar-refractivity contribution in [2.45, 2.75) is 31.6 Å². The molecule has 0 saturated heterocycles. The van der Waals surface area contributed by atoms with Gasteiger partial charge in [-0.25, -0.2) is 38.7 Å². The first-order chi connectivity index (χ1) is 26.4. The van der Waals surface area contributed by atoms with Gasteiger partial charge in [-0.05, 0) is 95.8 Å². The molecule has 0 amide bonds. The van der Waals surface area contributed by atoms with Crippen LogP contribution >= 0.6 is 68.8 Å². The Morgan fingerprint density at radius 1 is 0.724 bits per heavy atom. The Balaban J connectivity index is 0.000000811. The third-order valence-electron chi connectivity index (χ3n) is 6.45. The standard InChI is InChI=1S/C16H11FN4S2.C11H7FN2S.C5H5IN2S.2C2H4O2.CH4.K.Pd.H/c1-22-15-18-7-6-12(19-15)14-13(10-2-4-11(17)5-3-10)20-16-21(14)8-9-23-16;12-9-3-1-8(2-4-9)10-7-14-5-6-15-11(14)13-10;1-9-5-7-3-2-4(6)8-5;2*1-2(3)4;;;;/h2-9H,1H3;1-7H;2-3H,1H3;2*1H3,(H,3,4);1H4;;;/q;;;;;;+1;;-1. The van der Waals surface area contributed by atoms with Crippen LogP contribution in [0, 0.1) is 15.3 Å². The maximum Gasteiger partial charge on any atom is 1.00 e. The second-order valence-electron chi connectivity index (χ2n) is 10.4. The Kier molecular flexibility index (Phi) is 25.2. The Hall–Kier alpha value is -2.53. The molecule has 0 fully saturated rings. The molecule has 0 radical (unpaired) electrons. The summed E-state index contributed by atoms with van der Waals surface area (Å²) in [6.45, 7) is 2.17. The molecule has 304 valence electrons. The van der Waals surface area contributed by atoms with E-state index in [4.69, 9.17) is 24.8 Å². The molecule has 0 saturated carbocycles. The second-order valence-corrected chi connectivity index (χ2v) is 14.8. The number of aromatic nitrogens is 8. The number of benzene rings is 2. The Labute approximate surface area is 421 Å². The summed E-state index contributed by atoms with van der Waals surface area (Å²) in [4.78, 5) is 45.9. The number of halogens is 3. The molecule has 21 heteroatoms. The number of carboxylic acids is 2. The van der Waals surface area contributed by atoms with E-state index in [0.717, 1.165) is 66.5 Å². The molecule has 0 aliphatic carbocycles. The molecule has 8 rings (SSSR count). The van der Waals surface area contributed by atoms with Gasteiger partial charge >= 0.3 is 51.4 Å². The van der Waals surface area contributed by atoms with Gasteiger partial charge in [0.1, 0.15) is 21.0 Å². The summed E-state index contributed by atoms with van der Waals surface area (Å²) in [6, 6.07) is 16.5. The normalized spacial score (nSPS) is 9.64. The van der Waals surface area contributed by atoms with Crippen molar-refractivity contribution in [3.8, 4) is 33.9 Å². The number of nitrogens with zero attached hydrogens (tertiary/aromatic N) is 8. The van der Waals surface area contributed by atoms with Crippen molar-refractivity contribution in [2.24, 2.45) is 0 Å². The van der Waals surface area contributed by atoms with Gasteiger partial charge in [-0.15, -0.1) is 22.7 Å². The van der Waals surface area contributed by atoms with E-state index in [1.165, 1.54) is 36.0 Å². The van der Waals surface area contributed by atoms with Gasteiger partial charge in [0.2, 0.25) is 0 Å². The van der Waals surface area contributed by atoms with E-state index >= 15 is 0 Å². The van der Waals surface area contributed by atoms with E-state index in [1.807, 2.05) is 62.8 Å². The molecular weight excluding hydrogens is 1060 g/mol. The molecule has 0 spiro atoms. The first kappa shape index (κ1) is 53.5. The predicted molar refractivity (Wildman–Crippen MR) is 231 cm³/mol. The quantitative estimate of drug-likeness (QED) is 0.0583. The van der Waals surface area contributed by atoms with E-state index in [9.17, 15) is 8.78 Å². The minimum atomic E-state index is -0.833. The molecular formula is C37H36F2IKN8O4PdS4. The number of fused-ring (bicyclic) bond motifs is 2. The first-order valence-electron chi connectivity index (χ1n) is 15.6. The molecule has 8 aromatic rings. The summed E-state index contributed by atoms with van der Waals surface area (Å²) >= 11 is 8.35. The van der Waals surface area contributed by atoms with E-state index in [-0.39, 0.29) is 92.3 Å². The van der Waals surface area contributed by atoms with Gasteiger partial charge in [-0.1, -0.05) is 31.0 Å². The summed E-state index contributed by atoms with van der Waals surface area (Å²) in [5, 5.41) is 20.3. The fraction of sp³-hybridized carbons (Fsp3) is 0.135. The number of imidazole rings is 2. The molecule has 0 aliphatic heterocycles. The van der Waals surface area contributed by atoms with Crippen LogP contribution in [0.25, 0.3) is 43.8 Å². The number of thioether (sulfide) groups is 2. The van der Waals surface area contributed by atoms with Crippen LogP contribution < -0.4 is 51.4 Å². The van der Waals surface area contributed by atoms with Crippen molar-refractivity contribution in [3.63, 3.8) is 0 Å². The SMILES string of the molecule is C.CC(=O)O.CC(=O)O.CSc1nccc(-c2c(-c3ccc(F)cc3)nc3sccn23)n1.CSc1nccc(I)n1.Fc1ccc(-c2cn3ccsc3n2)cc1.[H-].[K+].[Pd]. The molecule has 6 aromatic heterocycles. The molecule has 2 N–H and O–H groups in total. The van der Waals surface area contributed by atoms with Crippen molar-refractivity contribution in [1.29, 1.82) is 0 Å². The number of carboxylic acid groups (broad SMARTS) is 2. The maximum atomic E-state index is 13.2. The zero-order valence-corrected chi connectivity index (χ0v) is 40.8. The molecule has 6 heterocycles. The van der Waals surface area contributed by atoms with Crippen LogP contribution in [0.1, 0.15) is 22.7 Å². The van der Waals surface area contributed by atoms with Gasteiger partial charge in [0, 0.05) is 87.1 Å². The fourth-order valence-corrected chi connectivity index (χ4v) is 6.99. The van der Waals surface area contributed by atoms with Gasteiger partial charge in [0.15, 0.2) is 20.2 Å². The summed E-state index contributed by atoms with van der Waals surface area (Å²) in [7, 11) is 0. The van der Waals surface area contributed by atoms with Crippen molar-refractivity contribution < 1.29 is 102 Å². The number of rotatable bonds is 5. The summed E-state index contributed by atoms with van der Waals surface area (Å²) < 4.78 is 30.9. The van der Waals surface area contributed by atoms with E-state index in [1.54, 1.807) is 71.1 Å². The van der Waals surface area contributed by atoms with Crippen LogP contribution in [0.5, 0.6) is 0 Å². The number of hydrogen-bond acceptors (Lipinski definition) is 12. The number of thiazole rings is 2. The van der Waals surface area contributed by atoms with Gasteiger partial charge < -0.3 is 11.6 Å². The third kappa shape index (κ3) is 16.8. The molecule has 0 bridgehead atoms. The number of carbonyl (C=O) groups is 2. The van der Waals surface area contributed by atoms with E-state index < -0.39 is 11.9 Å². The van der Waals surface area contributed by atoms with Crippen molar-refractivity contribution in [1.82, 2.24) is 38.7 Å². The van der Waals surface area contributed by atoms with Crippen LogP contribution in [0.15, 0.2) is 113 Å². The summed E-state index contributed by atoms with van der Waals surface area (Å²) in [5.74, 6) is -2.15. The average molecular weight is 1100 g/mol. The van der Waals surface area contributed by atoms with Gasteiger partial charge in [0.25, 0.3) is 11.9 Å². The van der Waals surface area contributed by atoms with Crippen molar-refractivity contribution in [3.05, 3.63) is 118 Å². The largest absolute Gasteiger partial charge is 1.00 e. The van der Waals surface area contributed by atoms with Crippen LogP contribution in [-0.4, -0.2) is 73.4 Å². The maximum absolute atomic E-state index is 13.2. The zero-order chi connectivity index (χ0) is 39.9. The second kappa shape index (κ2) is 27.3. The molecule has 58 heavy (non-hydrogen) atoms. The van der Waals surface area contributed by atoms with Gasteiger partial charge in [0.05, 0.1) is 17.1 Å². The molecule has 2 aromatic carbocycles. The summed E-state index contributed by atoms with van der Waals surface area (Å²) in [6.07, 6.45) is 13.3. The smallest absolute Gasteiger partial charge is 1.00 e. The zero-order valence-electron chi connectivity index (χ0n) is 31.7. The molecule has 0 unspecified atom stereocenters. The summed E-state index contributed by atoms with van der Waals surface area (Å²) in [5.41, 5.74) is 5.17. The third-order valence-corrected chi connectivity index (χ3v) is 9.71. The fourth-order valence-electron chi connectivity index (χ4n) is 4.32. The topological polar surface area (TPSA) is 161 Å². The molecule has 0 atom stereocenters. The monoisotopic (exact) mass is 1090 g/mol. The Morgan fingerprint density at radius 2 is 1.22 bits per heavy atom. The minimum Gasteiger partial charge on any atom is -1.00 e. The number of aliphatic carboxylic acids is 2. The Morgan fingerprint density at radius 3 is 1.74 bits per heavy atom. The van der Waals surface area contributed by atoms with E-state index in [2.05, 4.69) is 47.5 Å². The van der Waals surface area contributed by atoms with Gasteiger partial charge in [-0.3, -0.25) is 18.4 Å². The first-order valence-corrected chi connectivity index (χ1v) is 20.9. The van der Waals surface area contributed by atoms with E-state index in [0.29, 0.717) is 5.16 Å². The van der Waals surface area contributed by atoms with Gasteiger partial charge in [-0.2, -0.15) is 0 Å². The van der Waals surface area contributed by atoms with Crippen LogP contribution in [0.2, 0.25) is 0 Å². The van der Waals surface area contributed by atoms with Crippen LogP contribution in [0.3, 0.4) is 0 Å². The molecule has 12 nitrogen and oxygen atoms in total. The van der Waals surface area contributed by atoms with Crippen molar-refractivity contribution in [2.75, 3.05) is 12.5 Å². The van der Waals surface area contributed by atoms with Crippen LogP contribution in [0.4, 0.5) is 8.78 Å². The minimum absolute atomic E-state index is 0. The van der Waals surface area contributed by atoms with Crippen molar-refractivity contribution >= 4 is 90.6 Å². The molecule has 0 aliphatic rings. The van der Waals surface area contributed by atoms with Crippen LogP contribution in [-0.2, 0) is 30.0 Å². The predicted octanol–water partition coefficient (Wildman–Crippen LogP) is 7.32. The average Bonchev–Trinajstić information content (AvgIpc) is 3.95.